The van der Waals surface area contributed by atoms with Crippen molar-refractivity contribution in [3.63, 3.8) is 0 Å². The molecule has 10 nitrogen and oxygen atoms in total. The molecule has 0 unspecified atom stereocenters. The van der Waals surface area contributed by atoms with E-state index in [9.17, 15) is 17.6 Å². The number of morpholine rings is 1. The Labute approximate surface area is 218 Å². The van der Waals surface area contributed by atoms with Gasteiger partial charge in [0, 0.05) is 37.7 Å². The van der Waals surface area contributed by atoms with Crippen molar-refractivity contribution in [2.45, 2.75) is 6.54 Å². The van der Waals surface area contributed by atoms with Crippen molar-refractivity contribution in [3.8, 4) is 11.3 Å². The summed E-state index contributed by atoms with van der Waals surface area (Å²) in [6.45, 7) is 3.11. The second-order valence-corrected chi connectivity index (χ2v) is 10.6. The minimum Gasteiger partial charge on any atom is -0.378 e. The van der Waals surface area contributed by atoms with Crippen LogP contribution in [0.2, 0.25) is 0 Å². The van der Waals surface area contributed by atoms with Crippen molar-refractivity contribution in [1.29, 1.82) is 0 Å². The number of hydroxylamine groups is 2. The van der Waals surface area contributed by atoms with Crippen LogP contribution >= 0.6 is 11.3 Å². The fourth-order valence-corrected chi connectivity index (χ4v) is 5.26. The maximum absolute atomic E-state index is 13.8. The quantitative estimate of drug-likeness (QED) is 0.433. The number of urea groups is 1. The molecule has 2 amide bonds. The van der Waals surface area contributed by atoms with E-state index in [0.717, 1.165) is 41.4 Å². The van der Waals surface area contributed by atoms with Crippen LogP contribution in [0.4, 0.5) is 20.6 Å². The molecule has 0 aliphatic carbocycles. The molecule has 1 aromatic heterocycles. The lowest BCUT2D eigenvalue weighted by Gasteiger charge is -2.29. The highest BCUT2D eigenvalue weighted by molar-refractivity contribution is 7.85. The van der Waals surface area contributed by atoms with Crippen molar-refractivity contribution in [3.05, 3.63) is 64.5 Å². The Bertz CT molecular complexity index is 1400. The van der Waals surface area contributed by atoms with E-state index in [1.54, 1.807) is 12.1 Å². The summed E-state index contributed by atoms with van der Waals surface area (Å²) in [4.78, 5) is 19.6. The van der Waals surface area contributed by atoms with Gasteiger partial charge in [0.1, 0.15) is 5.82 Å². The second kappa shape index (κ2) is 11.9. The van der Waals surface area contributed by atoms with Gasteiger partial charge in [-0.3, -0.25) is 0 Å². The third-order valence-electron chi connectivity index (χ3n) is 5.56. The number of halogens is 1. The van der Waals surface area contributed by atoms with Gasteiger partial charge >= 0.3 is 6.03 Å². The minimum atomic E-state index is -3.93. The lowest BCUT2D eigenvalue weighted by molar-refractivity contribution is -0.00698. The lowest BCUT2D eigenvalue weighted by atomic mass is 10.1. The molecule has 0 bridgehead atoms. The molecule has 13 heteroatoms. The largest absolute Gasteiger partial charge is 0.378 e. The summed E-state index contributed by atoms with van der Waals surface area (Å²) in [5.41, 5.74) is 3.24. The zero-order valence-electron chi connectivity index (χ0n) is 20.5. The minimum absolute atomic E-state index is 0.0846. The first-order chi connectivity index (χ1) is 17.7. The number of benzene rings is 2. The molecular weight excluding hydrogens is 521 g/mol. The Kier molecular flexibility index (Phi) is 8.59. The van der Waals surface area contributed by atoms with Gasteiger partial charge in [0.2, 0.25) is 0 Å². The van der Waals surface area contributed by atoms with E-state index < -0.39 is 22.0 Å². The molecule has 1 fully saturated rings. The molecule has 1 N–H and O–H groups in total. The number of hydrogen-bond donors (Lipinski definition) is 1. The molecule has 1 saturated heterocycles. The number of hydrogen-bond acceptors (Lipinski definition) is 8. The Balaban J connectivity index is 1.69. The maximum atomic E-state index is 13.8. The van der Waals surface area contributed by atoms with Crippen LogP contribution in [0, 0.1) is 5.82 Å². The van der Waals surface area contributed by atoms with Gasteiger partial charge in [-0.1, -0.05) is 18.2 Å². The molecule has 2 aromatic carbocycles. The van der Waals surface area contributed by atoms with E-state index in [2.05, 4.69) is 15.2 Å². The van der Waals surface area contributed by atoms with Crippen LogP contribution in [-0.2, 0) is 25.7 Å². The number of thiazole rings is 1. The molecule has 0 spiro atoms. The van der Waals surface area contributed by atoms with E-state index >= 15 is 0 Å². The number of aromatic nitrogens is 1. The highest BCUT2D eigenvalue weighted by Gasteiger charge is 2.20. The van der Waals surface area contributed by atoms with E-state index in [0.29, 0.717) is 23.7 Å². The van der Waals surface area contributed by atoms with Gasteiger partial charge in [-0.25, -0.2) is 14.2 Å². The Morgan fingerprint density at radius 2 is 1.95 bits per heavy atom. The SMILES string of the molecule is CNC(=O)N(CCn1c(-c2ccc(N3CCOCC3)cc2)csc1=Nc1cccc(F)c1)OS(C)(=O)=O. The van der Waals surface area contributed by atoms with E-state index in [-0.39, 0.29) is 13.1 Å². The van der Waals surface area contributed by atoms with E-state index in [1.165, 1.54) is 30.5 Å². The smallest absolute Gasteiger partial charge is 0.342 e. The number of anilines is 1. The van der Waals surface area contributed by atoms with E-state index in [4.69, 9.17) is 9.02 Å². The van der Waals surface area contributed by atoms with Crippen LogP contribution < -0.4 is 15.0 Å². The van der Waals surface area contributed by atoms with Crippen LogP contribution in [0.15, 0.2) is 58.9 Å². The van der Waals surface area contributed by atoms with Crippen LogP contribution in [0.25, 0.3) is 11.3 Å². The number of carbonyl (C=O) groups is 1. The Hall–Kier alpha value is -3.26. The normalized spacial score (nSPS) is 14.6. The van der Waals surface area contributed by atoms with Crippen molar-refractivity contribution in [2.24, 2.45) is 4.99 Å². The number of rotatable bonds is 8. The molecule has 0 atom stereocenters. The zero-order valence-corrected chi connectivity index (χ0v) is 22.1. The number of amides is 2. The van der Waals surface area contributed by atoms with Gasteiger partial charge in [-0.05, 0) is 35.9 Å². The topological polar surface area (TPSA) is 105 Å². The lowest BCUT2D eigenvalue weighted by Crippen LogP contribution is -2.41. The molecule has 4 rings (SSSR count). The summed E-state index contributed by atoms with van der Waals surface area (Å²) in [5, 5.41) is 5.04. The van der Waals surface area contributed by atoms with E-state index in [1.807, 2.05) is 34.2 Å². The van der Waals surface area contributed by atoms with Crippen molar-refractivity contribution >= 4 is 38.9 Å². The summed E-state index contributed by atoms with van der Waals surface area (Å²) in [6, 6.07) is 13.3. The zero-order chi connectivity index (χ0) is 26.4. The Morgan fingerprint density at radius 1 is 1.22 bits per heavy atom. The predicted molar refractivity (Wildman–Crippen MR) is 139 cm³/mol. The average Bonchev–Trinajstić information content (AvgIpc) is 3.28. The summed E-state index contributed by atoms with van der Waals surface area (Å²) < 4.78 is 49.3. The third kappa shape index (κ3) is 7.16. The number of nitrogens with zero attached hydrogens (tertiary/aromatic N) is 4. The summed E-state index contributed by atoms with van der Waals surface area (Å²) >= 11 is 1.35. The number of nitrogens with one attached hydrogen (secondary N) is 1. The molecule has 198 valence electrons. The van der Waals surface area contributed by atoms with Crippen LogP contribution in [0.5, 0.6) is 0 Å². The molecule has 3 aromatic rings. The van der Waals surface area contributed by atoms with Gasteiger partial charge in [0.05, 0.1) is 37.4 Å². The van der Waals surface area contributed by atoms with Gasteiger partial charge in [-0.15, -0.1) is 15.6 Å². The third-order valence-corrected chi connectivity index (χ3v) is 6.88. The molecule has 0 radical (unpaired) electrons. The summed E-state index contributed by atoms with van der Waals surface area (Å²) in [7, 11) is -2.55. The van der Waals surface area contributed by atoms with Gasteiger partial charge < -0.3 is 19.5 Å². The first kappa shape index (κ1) is 26.8. The van der Waals surface area contributed by atoms with Crippen LogP contribution in [0.3, 0.4) is 0 Å². The van der Waals surface area contributed by atoms with Gasteiger partial charge in [-0.2, -0.15) is 13.5 Å². The standard InChI is InChI=1S/C24H28FN5O5S2/c1-26-23(31)30(35-37(2,32)33)11-10-29-22(17-36-24(29)27-20-5-3-4-19(25)16-20)18-6-8-21(9-7-18)28-12-14-34-15-13-28/h3-9,16-17H,10-15H2,1-2H3,(H,26,31). The number of ether oxygens (including phenoxy) is 1. The van der Waals surface area contributed by atoms with Gasteiger partial charge in [0.25, 0.3) is 10.1 Å². The fraction of sp³-hybridized carbons (Fsp3) is 0.333. The van der Waals surface area contributed by atoms with Crippen molar-refractivity contribution in [1.82, 2.24) is 14.9 Å². The van der Waals surface area contributed by atoms with Crippen LogP contribution in [0.1, 0.15) is 0 Å². The average molecular weight is 550 g/mol. The molecule has 2 heterocycles. The van der Waals surface area contributed by atoms with Crippen LogP contribution in [-0.4, -0.2) is 70.2 Å². The maximum Gasteiger partial charge on any atom is 0.342 e. The predicted octanol–water partition coefficient (Wildman–Crippen LogP) is 2.96. The first-order valence-corrected chi connectivity index (χ1v) is 14.2. The molecule has 37 heavy (non-hydrogen) atoms. The first-order valence-electron chi connectivity index (χ1n) is 11.5. The molecular formula is C24H28FN5O5S2. The summed E-state index contributed by atoms with van der Waals surface area (Å²) in [6.07, 6.45) is 0.868. The molecule has 1 aliphatic heterocycles. The van der Waals surface area contributed by atoms with Crippen molar-refractivity contribution < 1.29 is 26.6 Å². The highest BCUT2D eigenvalue weighted by atomic mass is 32.2. The van der Waals surface area contributed by atoms with Gasteiger partial charge in [0.15, 0.2) is 4.80 Å². The molecule has 1 aliphatic rings. The Morgan fingerprint density at radius 3 is 2.59 bits per heavy atom. The second-order valence-electron chi connectivity index (χ2n) is 8.23. The monoisotopic (exact) mass is 549 g/mol. The highest BCUT2D eigenvalue weighted by Crippen LogP contribution is 2.25. The molecule has 0 saturated carbocycles. The number of carbonyl (C=O) groups excluding carboxylic acids is 1. The summed E-state index contributed by atoms with van der Waals surface area (Å²) in [5.74, 6) is -0.407. The fourth-order valence-electron chi connectivity index (χ4n) is 3.84. The van der Waals surface area contributed by atoms with Crippen molar-refractivity contribution in [2.75, 3.05) is 51.1 Å².